The van der Waals surface area contributed by atoms with Crippen LogP contribution in [0.15, 0.2) is 59.8 Å². The van der Waals surface area contributed by atoms with Crippen LogP contribution in [0.1, 0.15) is 10.4 Å². The molecule has 3 rings (SSSR count). The highest BCUT2D eigenvalue weighted by atomic mass is 32.2. The van der Waals surface area contributed by atoms with Crippen LogP contribution < -0.4 is 5.32 Å². The van der Waals surface area contributed by atoms with Crippen LogP contribution in [0, 0.1) is 0 Å². The number of ketones is 1. The molecule has 128 valence electrons. The van der Waals surface area contributed by atoms with Crippen molar-refractivity contribution in [1.82, 2.24) is 9.97 Å². The zero-order valence-corrected chi connectivity index (χ0v) is 14.8. The molecule has 0 aliphatic carbocycles. The third-order valence-electron chi connectivity index (χ3n) is 3.61. The molecule has 0 amide bonds. The first-order chi connectivity index (χ1) is 12.3. The molecular formula is C19H19N3O2S. The number of rotatable bonds is 8. The Bertz CT molecular complexity index is 856. The molecule has 0 saturated carbocycles. The number of Topliss-reactive ketones (excluding diaryl/α,β-unsaturated/α-hetero) is 1. The number of hydrogen-bond acceptors (Lipinski definition) is 6. The molecule has 0 unspecified atom stereocenters. The SMILES string of the molecule is COCCNc1nc(SCC(=O)c2ccccc2)nc2ccccc12. The number of nitrogens with one attached hydrogen (secondary N) is 1. The lowest BCUT2D eigenvalue weighted by atomic mass is 10.2. The molecule has 1 heterocycles. The number of anilines is 1. The molecule has 0 fully saturated rings. The summed E-state index contributed by atoms with van der Waals surface area (Å²) in [6.07, 6.45) is 0. The van der Waals surface area contributed by atoms with E-state index in [1.54, 1.807) is 7.11 Å². The van der Waals surface area contributed by atoms with E-state index in [0.29, 0.717) is 29.6 Å². The highest BCUT2D eigenvalue weighted by Gasteiger charge is 2.11. The fraction of sp³-hybridized carbons (Fsp3) is 0.211. The molecule has 0 atom stereocenters. The summed E-state index contributed by atoms with van der Waals surface area (Å²) < 4.78 is 5.08. The fourth-order valence-electron chi connectivity index (χ4n) is 2.36. The fourth-order valence-corrected chi connectivity index (χ4v) is 3.11. The van der Waals surface area contributed by atoms with E-state index in [1.807, 2.05) is 54.6 Å². The first-order valence-corrected chi connectivity index (χ1v) is 8.97. The second-order valence-corrected chi connectivity index (χ2v) is 6.31. The van der Waals surface area contributed by atoms with E-state index in [1.165, 1.54) is 11.8 Å². The van der Waals surface area contributed by atoms with Crippen molar-refractivity contribution in [1.29, 1.82) is 0 Å². The van der Waals surface area contributed by atoms with Crippen LogP contribution in [0.4, 0.5) is 5.82 Å². The largest absolute Gasteiger partial charge is 0.383 e. The van der Waals surface area contributed by atoms with Gasteiger partial charge in [0.15, 0.2) is 10.9 Å². The average molecular weight is 353 g/mol. The smallest absolute Gasteiger partial charge is 0.190 e. The summed E-state index contributed by atoms with van der Waals surface area (Å²) in [5.41, 5.74) is 1.56. The van der Waals surface area contributed by atoms with Crippen LogP contribution in [0.3, 0.4) is 0 Å². The van der Waals surface area contributed by atoms with Gasteiger partial charge in [-0.15, -0.1) is 0 Å². The summed E-state index contributed by atoms with van der Waals surface area (Å²) in [6.45, 7) is 1.25. The van der Waals surface area contributed by atoms with Gasteiger partial charge >= 0.3 is 0 Å². The molecule has 1 N–H and O–H groups in total. The van der Waals surface area contributed by atoms with Gasteiger partial charge in [0.05, 0.1) is 17.9 Å². The number of carbonyl (C=O) groups is 1. The van der Waals surface area contributed by atoms with Crippen molar-refractivity contribution >= 4 is 34.3 Å². The summed E-state index contributed by atoms with van der Waals surface area (Å²) in [7, 11) is 1.66. The van der Waals surface area contributed by atoms with E-state index in [4.69, 9.17) is 4.74 Å². The molecule has 0 spiro atoms. The molecule has 3 aromatic rings. The Morgan fingerprint density at radius 2 is 1.84 bits per heavy atom. The van der Waals surface area contributed by atoms with Gasteiger partial charge in [-0.05, 0) is 12.1 Å². The van der Waals surface area contributed by atoms with Gasteiger partial charge in [-0.3, -0.25) is 4.79 Å². The minimum atomic E-state index is 0.0660. The lowest BCUT2D eigenvalue weighted by Crippen LogP contribution is -2.10. The Morgan fingerprint density at radius 1 is 1.08 bits per heavy atom. The van der Waals surface area contributed by atoms with Crippen molar-refractivity contribution in [2.75, 3.05) is 31.3 Å². The number of para-hydroxylation sites is 1. The van der Waals surface area contributed by atoms with E-state index in [9.17, 15) is 4.79 Å². The van der Waals surface area contributed by atoms with Gasteiger partial charge in [0, 0.05) is 24.6 Å². The highest BCUT2D eigenvalue weighted by Crippen LogP contribution is 2.24. The Hall–Kier alpha value is -2.44. The lowest BCUT2D eigenvalue weighted by Gasteiger charge is -2.10. The summed E-state index contributed by atoms with van der Waals surface area (Å²) in [5, 5.41) is 4.82. The Morgan fingerprint density at radius 3 is 2.64 bits per heavy atom. The van der Waals surface area contributed by atoms with Crippen molar-refractivity contribution in [3.8, 4) is 0 Å². The molecule has 2 aromatic carbocycles. The highest BCUT2D eigenvalue weighted by molar-refractivity contribution is 7.99. The number of nitrogens with zero attached hydrogens (tertiary/aromatic N) is 2. The van der Waals surface area contributed by atoms with Crippen LogP contribution in [0.5, 0.6) is 0 Å². The quantitative estimate of drug-likeness (QED) is 0.289. The molecule has 0 aliphatic heterocycles. The number of carbonyl (C=O) groups excluding carboxylic acids is 1. The Balaban J connectivity index is 1.77. The van der Waals surface area contributed by atoms with Gasteiger partial charge in [0.2, 0.25) is 0 Å². The third kappa shape index (κ3) is 4.55. The Kier molecular flexibility index (Phi) is 5.98. The summed E-state index contributed by atoms with van der Waals surface area (Å²) >= 11 is 1.35. The molecular weight excluding hydrogens is 334 g/mol. The zero-order valence-electron chi connectivity index (χ0n) is 13.9. The number of aromatic nitrogens is 2. The molecule has 6 heteroatoms. The number of methoxy groups -OCH3 is 1. The summed E-state index contributed by atoms with van der Waals surface area (Å²) in [4.78, 5) is 21.4. The van der Waals surface area contributed by atoms with Crippen LogP contribution in [0.25, 0.3) is 10.9 Å². The minimum absolute atomic E-state index is 0.0660. The second kappa shape index (κ2) is 8.60. The van der Waals surface area contributed by atoms with E-state index in [0.717, 1.165) is 16.7 Å². The first-order valence-electron chi connectivity index (χ1n) is 7.98. The molecule has 0 aliphatic rings. The van der Waals surface area contributed by atoms with Crippen LogP contribution in [-0.4, -0.2) is 41.8 Å². The third-order valence-corrected chi connectivity index (χ3v) is 4.46. The Labute approximate surface area is 150 Å². The topological polar surface area (TPSA) is 64.1 Å². The van der Waals surface area contributed by atoms with Crippen LogP contribution in [-0.2, 0) is 4.74 Å². The maximum absolute atomic E-state index is 12.3. The van der Waals surface area contributed by atoms with E-state index >= 15 is 0 Å². The molecule has 0 radical (unpaired) electrons. The van der Waals surface area contributed by atoms with Crippen molar-refractivity contribution in [3.63, 3.8) is 0 Å². The van der Waals surface area contributed by atoms with Gasteiger partial charge in [-0.25, -0.2) is 9.97 Å². The molecule has 0 bridgehead atoms. The predicted molar refractivity (Wildman–Crippen MR) is 101 cm³/mol. The maximum atomic E-state index is 12.3. The number of benzene rings is 2. The maximum Gasteiger partial charge on any atom is 0.190 e. The van der Waals surface area contributed by atoms with Crippen molar-refractivity contribution in [2.45, 2.75) is 5.16 Å². The van der Waals surface area contributed by atoms with Gasteiger partial charge in [0.25, 0.3) is 0 Å². The van der Waals surface area contributed by atoms with Crippen molar-refractivity contribution in [3.05, 3.63) is 60.2 Å². The van der Waals surface area contributed by atoms with Gasteiger partial charge < -0.3 is 10.1 Å². The number of fused-ring (bicyclic) bond motifs is 1. The molecule has 0 saturated heterocycles. The van der Waals surface area contributed by atoms with E-state index in [-0.39, 0.29) is 5.78 Å². The number of thioether (sulfide) groups is 1. The standard InChI is InChI=1S/C19H19N3O2S/c1-24-12-11-20-18-15-9-5-6-10-16(15)21-19(22-18)25-13-17(23)14-7-3-2-4-8-14/h2-10H,11-13H2,1H3,(H,20,21,22). The van der Waals surface area contributed by atoms with E-state index in [2.05, 4.69) is 15.3 Å². The van der Waals surface area contributed by atoms with Crippen molar-refractivity contribution < 1.29 is 9.53 Å². The minimum Gasteiger partial charge on any atom is -0.383 e. The summed E-state index contributed by atoms with van der Waals surface area (Å²) in [5.74, 6) is 1.13. The average Bonchev–Trinajstić information content (AvgIpc) is 2.67. The summed E-state index contributed by atoms with van der Waals surface area (Å²) in [6, 6.07) is 17.1. The predicted octanol–water partition coefficient (Wildman–Crippen LogP) is 3.66. The zero-order chi connectivity index (χ0) is 17.5. The number of ether oxygens (including phenoxy) is 1. The second-order valence-electron chi connectivity index (χ2n) is 5.37. The normalized spacial score (nSPS) is 10.8. The van der Waals surface area contributed by atoms with E-state index < -0.39 is 0 Å². The first kappa shape index (κ1) is 17.4. The molecule has 25 heavy (non-hydrogen) atoms. The monoisotopic (exact) mass is 353 g/mol. The molecule has 1 aromatic heterocycles. The van der Waals surface area contributed by atoms with Gasteiger partial charge in [-0.1, -0.05) is 54.2 Å². The lowest BCUT2D eigenvalue weighted by molar-refractivity contribution is 0.102. The van der Waals surface area contributed by atoms with Crippen molar-refractivity contribution in [2.24, 2.45) is 0 Å². The van der Waals surface area contributed by atoms with Crippen LogP contribution in [0.2, 0.25) is 0 Å². The number of hydrogen-bond donors (Lipinski definition) is 1. The van der Waals surface area contributed by atoms with Crippen LogP contribution >= 0.6 is 11.8 Å². The van der Waals surface area contributed by atoms with Gasteiger partial charge in [0.1, 0.15) is 5.82 Å². The molecule has 5 nitrogen and oxygen atoms in total. The van der Waals surface area contributed by atoms with Gasteiger partial charge in [-0.2, -0.15) is 0 Å².